The van der Waals surface area contributed by atoms with Crippen LogP contribution < -0.4 is 53.5 Å². The van der Waals surface area contributed by atoms with E-state index in [4.69, 9.17) is 40.3 Å². The number of imidazole rings is 2. The van der Waals surface area contributed by atoms with Crippen LogP contribution in [-0.4, -0.2) is 113 Å². The number of aromatic nitrogens is 8. The lowest BCUT2D eigenvalue weighted by atomic mass is 9.90. The summed E-state index contributed by atoms with van der Waals surface area (Å²) in [6.45, 7) is 1.84. The Kier molecular flexibility index (Phi) is 22.9. The Balaban J connectivity index is 0.000000152. The third-order valence-corrected chi connectivity index (χ3v) is 19.4. The number of nitrogens with one attached hydrogen (secondary N) is 5. The van der Waals surface area contributed by atoms with E-state index in [-0.39, 0.29) is 123 Å². The molecule has 34 heteroatoms. The lowest BCUT2D eigenvalue weighted by molar-refractivity contribution is -0.172. The molecule has 0 spiro atoms. The molecular weight excluding hydrogens is 1570 g/mol. The van der Waals surface area contributed by atoms with Crippen molar-refractivity contribution >= 4 is 104 Å². The minimum atomic E-state index is -1.36. The van der Waals surface area contributed by atoms with Crippen LogP contribution in [0.3, 0.4) is 0 Å². The van der Waals surface area contributed by atoms with Crippen molar-refractivity contribution < 1.29 is 81.9 Å². The number of carboxylic acid groups (broad SMARTS) is 2. The van der Waals surface area contributed by atoms with E-state index in [2.05, 4.69) is 55.8 Å². The number of nitrogen functional groups attached to an aromatic ring is 2. The molecule has 7 heterocycles. The number of phenols is 2. The number of anilines is 2. The average molecular weight is 1640 g/mol. The molecule has 5 amide bonds. The number of phenolic OH excluding ortho intramolecular Hbond substituents is 2. The highest BCUT2D eigenvalue weighted by atomic mass is 16.7. The summed E-state index contributed by atoms with van der Waals surface area (Å²) in [6, 6.07) is 54.4. The van der Waals surface area contributed by atoms with Crippen LogP contribution in [0.2, 0.25) is 0 Å². The van der Waals surface area contributed by atoms with Gasteiger partial charge in [0, 0.05) is 113 Å². The Morgan fingerprint density at radius 3 is 1.24 bits per heavy atom. The maximum Gasteiger partial charge on any atom is 0.363 e. The highest BCUT2D eigenvalue weighted by molar-refractivity contribution is 6.11. The van der Waals surface area contributed by atoms with E-state index in [1.807, 2.05) is 60.7 Å². The molecule has 15 N–H and O–H groups in total. The van der Waals surface area contributed by atoms with E-state index in [9.17, 15) is 68.4 Å². The Hall–Kier alpha value is -17.0. The van der Waals surface area contributed by atoms with E-state index >= 15 is 0 Å². The van der Waals surface area contributed by atoms with E-state index in [0.717, 1.165) is 39.4 Å². The van der Waals surface area contributed by atoms with Crippen LogP contribution in [0.25, 0.3) is 89.2 Å². The van der Waals surface area contributed by atoms with Gasteiger partial charge in [-0.2, -0.15) is 19.9 Å². The molecule has 34 nitrogen and oxygen atoms in total. The first kappa shape index (κ1) is 80.2. The molecule has 0 atom stereocenters. The monoisotopic (exact) mass is 1640 g/mol. The highest BCUT2D eigenvalue weighted by Crippen LogP contribution is 2.44. The molecule has 5 aliphatic rings. The SMILES string of the molecule is NCc1ccc(C(=O)NCc2ccc(COc3nc(N)nc4nc[nH]c34)cc2)cc1.Nc1nc(OCc2ccc(CNC(=O)c3ccc(CNC(=O)c4ccc(-c5c6ccc(=O)cc-6oc6cc(O)ccc56)c(C(=O)O)c4)cc3)cc2)c2[nH]cnc2n1.O=C(ON1C(=O)CCC1=O)c1ccc(-c2c3ccc(=O)cc-3oc3cc(O)ccc23)c(C(=O)O)c1. The topological polar surface area (TPSA) is 532 Å². The first-order chi connectivity index (χ1) is 58.9. The number of benzene rings is 10. The molecule has 1 saturated heterocycles. The number of nitrogens with two attached hydrogens (primary N) is 3. The number of carbonyl (C=O) groups is 8. The molecule has 2 aliphatic carbocycles. The van der Waals surface area contributed by atoms with Crippen molar-refractivity contribution in [3.63, 3.8) is 0 Å². The number of imide groups is 1. The number of carboxylic acids is 2. The molecule has 12 aromatic rings. The molecule has 4 aromatic heterocycles. The molecule has 122 heavy (non-hydrogen) atoms. The minimum Gasteiger partial charge on any atom is -0.508 e. The van der Waals surface area contributed by atoms with Gasteiger partial charge >= 0.3 is 17.9 Å². The zero-order chi connectivity index (χ0) is 85.4. The zero-order valence-corrected chi connectivity index (χ0v) is 63.7. The van der Waals surface area contributed by atoms with E-state index in [0.29, 0.717) is 115 Å². The van der Waals surface area contributed by atoms with Gasteiger partial charge in [-0.25, -0.2) is 24.4 Å². The Morgan fingerprint density at radius 1 is 0.434 bits per heavy atom. The fraction of sp³-hybridized carbons (Fsp3) is 0.0909. The standard InChI is InChI=1S/C42H31N7O8.C25H15NO9.C21H21N7O2/c43-42-48-37-36(46-21-47-37)40(49-42)56-20-24-3-1-22(2-4-24)18-44-38(52)25-7-5-23(6-8-25)19-45-39(53)26-9-12-29(32(15-26)41(54)55)35-30-13-10-27(50)16-33(30)57-34-17-28(51)11-14-31(34)35;27-13-2-5-16-19(10-13)34-20-11-14(28)3-6-17(20)23(16)15-4-1-12(9-18(15)24(31)32)25(33)35-26-21(29)7-8-22(26)30;22-9-13-5-7-16(8-6-13)19(29)24-10-14-1-3-15(4-2-14)11-30-20-17-18(26-12-25-17)27-21(23)28-20/h1-17,21,50H,18-20H2,(H,44,52)(H,45,53)(H,54,55)(H3,43,46,47,48,49);1-6,9-11,27H,7-8H2,(H,31,32);1-8,12H,9-11,22H2,(H,24,29)(H3,23,25,26,27,28). The number of rotatable bonds is 22. The number of hydrogen-bond donors (Lipinski definition) is 12. The van der Waals surface area contributed by atoms with Gasteiger partial charge in [-0.05, 0) is 142 Å². The number of fused-ring (bicyclic) bond motifs is 6. The largest absolute Gasteiger partial charge is 0.508 e. The summed E-state index contributed by atoms with van der Waals surface area (Å²) < 4.78 is 23.3. The van der Waals surface area contributed by atoms with Crippen LogP contribution in [-0.2, 0) is 53.8 Å². The lowest BCUT2D eigenvalue weighted by Gasteiger charge is -2.17. The second-order valence-electron chi connectivity index (χ2n) is 27.6. The third-order valence-electron chi connectivity index (χ3n) is 19.4. The van der Waals surface area contributed by atoms with E-state index in [1.165, 1.54) is 97.6 Å². The molecule has 0 bridgehead atoms. The minimum absolute atomic E-state index is 0.0604. The molecule has 0 radical (unpaired) electrons. The van der Waals surface area contributed by atoms with Gasteiger partial charge in [0.15, 0.2) is 22.2 Å². The summed E-state index contributed by atoms with van der Waals surface area (Å²) in [5, 5.41) is 50.1. The number of amides is 5. The van der Waals surface area contributed by atoms with Crippen molar-refractivity contribution in [3.05, 3.63) is 306 Å². The number of hydroxylamine groups is 2. The van der Waals surface area contributed by atoms with Gasteiger partial charge in [-0.3, -0.25) is 33.6 Å². The number of hydrogen-bond acceptors (Lipinski definition) is 26. The molecule has 608 valence electrons. The average Bonchev–Trinajstić information content (AvgIpc) is 1.12. The highest BCUT2D eigenvalue weighted by Gasteiger charge is 2.34. The number of aromatic carboxylic acids is 2. The van der Waals surface area contributed by atoms with Crippen LogP contribution in [0.4, 0.5) is 11.9 Å². The van der Waals surface area contributed by atoms with Crippen molar-refractivity contribution in [3.8, 4) is 68.2 Å². The van der Waals surface area contributed by atoms with Gasteiger partial charge in [0.25, 0.3) is 29.5 Å². The first-order valence-corrected chi connectivity index (χ1v) is 37.2. The summed E-state index contributed by atoms with van der Waals surface area (Å²) in [4.78, 5) is 159. The normalized spacial score (nSPS) is 11.8. The van der Waals surface area contributed by atoms with Gasteiger partial charge in [-0.15, -0.1) is 5.06 Å². The Labute approximate surface area is 686 Å². The van der Waals surface area contributed by atoms with Gasteiger partial charge in [0.1, 0.15) is 58.4 Å². The van der Waals surface area contributed by atoms with Crippen molar-refractivity contribution in [2.24, 2.45) is 5.73 Å². The first-order valence-electron chi connectivity index (χ1n) is 37.2. The van der Waals surface area contributed by atoms with E-state index in [1.54, 1.807) is 54.6 Å². The number of aromatic hydroxyl groups is 2. The van der Waals surface area contributed by atoms with Crippen LogP contribution in [0.1, 0.15) is 108 Å². The van der Waals surface area contributed by atoms with Crippen LogP contribution in [0.15, 0.2) is 237 Å². The smallest absolute Gasteiger partial charge is 0.363 e. The maximum absolute atomic E-state index is 13.2. The Morgan fingerprint density at radius 2 is 0.811 bits per heavy atom. The van der Waals surface area contributed by atoms with Crippen LogP contribution in [0, 0.1) is 0 Å². The van der Waals surface area contributed by atoms with Crippen molar-refractivity contribution in [2.75, 3.05) is 11.5 Å². The van der Waals surface area contributed by atoms with Crippen LogP contribution >= 0.6 is 0 Å². The summed E-state index contributed by atoms with van der Waals surface area (Å²) in [6.07, 6.45) is 2.85. The maximum atomic E-state index is 13.2. The van der Waals surface area contributed by atoms with Gasteiger partial charge < -0.3 is 86.7 Å². The predicted molar refractivity (Wildman–Crippen MR) is 441 cm³/mol. The predicted octanol–water partition coefficient (Wildman–Crippen LogP) is 10.7. The van der Waals surface area contributed by atoms with Gasteiger partial charge in [-0.1, -0.05) is 84.9 Å². The zero-order valence-electron chi connectivity index (χ0n) is 63.7. The molecule has 0 saturated carbocycles. The summed E-state index contributed by atoms with van der Waals surface area (Å²) in [7, 11) is 0. The fourth-order valence-electron chi connectivity index (χ4n) is 13.3. The number of carbonyl (C=O) groups excluding carboxylic acids is 6. The number of nitrogens with zero attached hydrogens (tertiary/aromatic N) is 7. The summed E-state index contributed by atoms with van der Waals surface area (Å²) in [5.74, 6) is -4.86. The summed E-state index contributed by atoms with van der Waals surface area (Å²) in [5.41, 5.74) is 27.2. The fourth-order valence-corrected chi connectivity index (χ4v) is 13.3. The molecule has 3 aliphatic heterocycles. The quantitative estimate of drug-likeness (QED) is 0.0221. The van der Waals surface area contributed by atoms with E-state index < -0.39 is 35.6 Å². The summed E-state index contributed by atoms with van der Waals surface area (Å²) >= 11 is 0. The second kappa shape index (κ2) is 34.8. The van der Waals surface area contributed by atoms with Gasteiger partial charge in [0.2, 0.25) is 23.7 Å². The second-order valence-corrected chi connectivity index (χ2v) is 27.6. The van der Waals surface area contributed by atoms with Crippen molar-refractivity contribution in [1.82, 2.24) is 60.9 Å². The Bertz CT molecular complexity index is 6860. The molecule has 0 unspecified atom stereocenters. The van der Waals surface area contributed by atoms with Gasteiger partial charge in [0.05, 0.1) is 29.3 Å². The number of ether oxygens (including phenoxy) is 2. The number of aromatic amines is 2. The third kappa shape index (κ3) is 17.8. The van der Waals surface area contributed by atoms with Crippen LogP contribution in [0.5, 0.6) is 23.3 Å². The molecule has 1 fully saturated rings. The van der Waals surface area contributed by atoms with Crippen molar-refractivity contribution in [1.29, 1.82) is 0 Å². The lowest BCUT2D eigenvalue weighted by Crippen LogP contribution is -2.32. The number of H-pyrrole nitrogens is 2. The molecule has 17 rings (SSSR count). The van der Waals surface area contributed by atoms with Crippen molar-refractivity contribution in [2.45, 2.75) is 52.2 Å². The molecular formula is C88H67N15O19. The molecule has 8 aromatic carbocycles.